The summed E-state index contributed by atoms with van der Waals surface area (Å²) >= 11 is 0. The van der Waals surface area contributed by atoms with Gasteiger partial charge in [-0.15, -0.1) is 0 Å². The van der Waals surface area contributed by atoms with Crippen LogP contribution >= 0.6 is 7.82 Å². The first-order valence-electron chi connectivity index (χ1n) is 36.7. The van der Waals surface area contributed by atoms with E-state index < -0.39 is 20.0 Å². The molecule has 0 aliphatic heterocycles. The first-order chi connectivity index (χ1) is 40.4. The molecular formula is C73H144N2O7P+. The number of nitrogens with one attached hydrogen (secondary N) is 1. The largest absolute Gasteiger partial charge is 0.472 e. The maximum absolute atomic E-state index is 13.6. The van der Waals surface area contributed by atoms with Gasteiger partial charge in [-0.2, -0.15) is 0 Å². The van der Waals surface area contributed by atoms with E-state index in [1.165, 1.54) is 289 Å². The molecule has 83 heavy (non-hydrogen) atoms. The van der Waals surface area contributed by atoms with Crippen molar-refractivity contribution in [2.75, 3.05) is 40.9 Å². The summed E-state index contributed by atoms with van der Waals surface area (Å²) in [6.45, 7) is 7.08. The van der Waals surface area contributed by atoms with Gasteiger partial charge in [-0.05, 0) is 57.4 Å². The highest BCUT2D eigenvalue weighted by molar-refractivity contribution is 7.47. The molecule has 0 saturated heterocycles. The molecule has 0 bridgehead atoms. The van der Waals surface area contributed by atoms with Gasteiger partial charge in [-0.3, -0.25) is 18.6 Å². The fourth-order valence-electron chi connectivity index (χ4n) is 11.2. The average Bonchev–Trinajstić information content (AvgIpc) is 3.51. The molecule has 0 rings (SSSR count). The minimum absolute atomic E-state index is 0.0449. The quantitative estimate of drug-likeness (QED) is 0.0205. The van der Waals surface area contributed by atoms with Gasteiger partial charge in [0.2, 0.25) is 5.91 Å². The predicted molar refractivity (Wildman–Crippen MR) is 360 cm³/mol. The SMILES string of the molecule is CCCCCCCC/C=C/CCCCCCCCCCCCCCCCCCCC(=O)OC(/C=C/CCCCCCCCCCC)C(COP(=O)(O)OCC[N+](C)(C)C)NC(=O)CCCCCCCCCCCCCCCCCCCCC. The van der Waals surface area contributed by atoms with Crippen LogP contribution in [0.2, 0.25) is 0 Å². The highest BCUT2D eigenvalue weighted by Gasteiger charge is 2.30. The second-order valence-electron chi connectivity index (χ2n) is 26.5. The van der Waals surface area contributed by atoms with E-state index >= 15 is 0 Å². The van der Waals surface area contributed by atoms with Crippen LogP contribution in [-0.4, -0.2) is 74.3 Å². The van der Waals surface area contributed by atoms with Gasteiger partial charge in [-0.1, -0.05) is 334 Å². The molecule has 9 nitrogen and oxygen atoms in total. The van der Waals surface area contributed by atoms with Gasteiger partial charge in [0.1, 0.15) is 19.3 Å². The molecule has 10 heteroatoms. The van der Waals surface area contributed by atoms with Crippen LogP contribution in [0.4, 0.5) is 0 Å². The zero-order valence-corrected chi connectivity index (χ0v) is 57.4. The van der Waals surface area contributed by atoms with Gasteiger partial charge in [0.05, 0.1) is 33.8 Å². The third-order valence-corrected chi connectivity index (χ3v) is 17.9. The summed E-state index contributed by atoms with van der Waals surface area (Å²) in [7, 11) is 1.52. The first kappa shape index (κ1) is 81.5. The second kappa shape index (κ2) is 63.5. The smallest absolute Gasteiger partial charge is 0.456 e. The second-order valence-corrected chi connectivity index (χ2v) is 27.9. The molecule has 0 spiro atoms. The number of quaternary nitrogens is 1. The molecule has 492 valence electrons. The van der Waals surface area contributed by atoms with E-state index in [-0.39, 0.29) is 25.1 Å². The molecule has 0 radical (unpaired) electrons. The minimum Gasteiger partial charge on any atom is -0.456 e. The van der Waals surface area contributed by atoms with E-state index in [1.54, 1.807) is 0 Å². The maximum Gasteiger partial charge on any atom is 0.472 e. The van der Waals surface area contributed by atoms with Crippen molar-refractivity contribution in [1.82, 2.24) is 5.32 Å². The molecule has 0 aromatic carbocycles. The molecule has 0 aromatic heterocycles. The molecule has 0 aliphatic rings. The number of hydrogen-bond donors (Lipinski definition) is 2. The number of likely N-dealkylation sites (N-methyl/N-ethyl adjacent to an activating group) is 1. The number of carbonyl (C=O) groups excluding carboxylic acids is 2. The molecule has 0 aromatic rings. The topological polar surface area (TPSA) is 111 Å². The molecule has 2 N–H and O–H groups in total. The van der Waals surface area contributed by atoms with E-state index in [9.17, 15) is 19.0 Å². The molecule has 1 amide bonds. The lowest BCUT2D eigenvalue weighted by atomic mass is 10.0. The van der Waals surface area contributed by atoms with E-state index in [1.807, 2.05) is 33.3 Å². The summed E-state index contributed by atoms with van der Waals surface area (Å²) in [6, 6.07) is -0.842. The lowest BCUT2D eigenvalue weighted by Gasteiger charge is -2.27. The molecule has 3 atom stereocenters. The predicted octanol–water partition coefficient (Wildman–Crippen LogP) is 23.2. The van der Waals surface area contributed by atoms with E-state index in [4.69, 9.17) is 13.8 Å². The summed E-state index contributed by atoms with van der Waals surface area (Å²) in [5, 5.41) is 3.08. The summed E-state index contributed by atoms with van der Waals surface area (Å²) in [5.41, 5.74) is 0. The van der Waals surface area contributed by atoms with Crippen LogP contribution in [-0.2, 0) is 27.9 Å². The Morgan fingerprint density at radius 1 is 0.410 bits per heavy atom. The zero-order chi connectivity index (χ0) is 60.7. The number of hydrogen-bond acceptors (Lipinski definition) is 6. The lowest BCUT2D eigenvalue weighted by Crippen LogP contribution is -2.47. The van der Waals surface area contributed by atoms with Crippen molar-refractivity contribution >= 4 is 19.7 Å². The van der Waals surface area contributed by atoms with Crippen molar-refractivity contribution in [2.24, 2.45) is 0 Å². The highest BCUT2D eigenvalue weighted by atomic mass is 31.2. The van der Waals surface area contributed by atoms with E-state index in [2.05, 4.69) is 38.2 Å². The van der Waals surface area contributed by atoms with Crippen molar-refractivity contribution in [2.45, 2.75) is 392 Å². The van der Waals surface area contributed by atoms with Crippen LogP contribution in [0.1, 0.15) is 380 Å². The Kier molecular flexibility index (Phi) is 62.4. The number of esters is 1. The number of allylic oxidation sites excluding steroid dienone is 3. The van der Waals surface area contributed by atoms with Crippen LogP contribution in [0.25, 0.3) is 0 Å². The Morgan fingerprint density at radius 3 is 1.02 bits per heavy atom. The zero-order valence-electron chi connectivity index (χ0n) is 56.5. The maximum atomic E-state index is 13.6. The van der Waals surface area contributed by atoms with E-state index in [0.29, 0.717) is 23.9 Å². The molecule has 0 fully saturated rings. The summed E-state index contributed by atoms with van der Waals surface area (Å²) < 4.78 is 30.8. The first-order valence-corrected chi connectivity index (χ1v) is 38.2. The number of phosphoric acid groups is 1. The standard InChI is InChI=1S/C73H143N2O7P/c1-7-10-13-16-19-22-25-27-29-31-33-34-35-36-37-38-39-40-42-44-46-48-51-54-57-60-63-66-73(77)82-71(64-61-58-55-52-49-24-21-18-15-12-9-3)70(69-81-83(78,79)80-68-67-75(4,5)6)74-72(76)65-62-59-56-53-50-47-45-43-41-32-30-28-26-23-20-17-14-11-8-2/h27,29,61,64,70-71H,7-26,28,30-60,62-63,65-69H2,1-6H3,(H-,74,76,78,79)/p+1/b29-27+,64-61+. The molecule has 0 heterocycles. The van der Waals surface area contributed by atoms with Gasteiger partial charge >= 0.3 is 13.8 Å². The van der Waals surface area contributed by atoms with Gasteiger partial charge in [-0.25, -0.2) is 4.57 Å². The number of unbranched alkanes of at least 4 members (excludes halogenated alkanes) is 50. The molecular weight excluding hydrogens is 1050 g/mol. The Bertz CT molecular complexity index is 1470. The summed E-state index contributed by atoms with van der Waals surface area (Å²) in [6.07, 6.45) is 77.7. The van der Waals surface area contributed by atoms with Crippen LogP contribution < -0.4 is 5.32 Å². The van der Waals surface area contributed by atoms with Gasteiger partial charge < -0.3 is 19.4 Å². The fraction of sp³-hybridized carbons (Fsp3) is 0.918. The Labute approximate surface area is 517 Å². The minimum atomic E-state index is -4.45. The molecule has 3 unspecified atom stereocenters. The number of rotatable bonds is 68. The normalized spacial score (nSPS) is 13.6. The molecule has 0 aliphatic carbocycles. The van der Waals surface area contributed by atoms with Crippen LogP contribution in [0, 0.1) is 0 Å². The fourth-order valence-corrected chi connectivity index (χ4v) is 12.0. The number of phosphoric ester groups is 1. The summed E-state index contributed by atoms with van der Waals surface area (Å²) in [5.74, 6) is -0.480. The van der Waals surface area contributed by atoms with Gasteiger partial charge in [0, 0.05) is 12.8 Å². The van der Waals surface area contributed by atoms with Crippen LogP contribution in [0.5, 0.6) is 0 Å². The van der Waals surface area contributed by atoms with Crippen molar-refractivity contribution < 1.29 is 37.3 Å². The third-order valence-electron chi connectivity index (χ3n) is 16.9. The van der Waals surface area contributed by atoms with Gasteiger partial charge in [0.25, 0.3) is 0 Å². The van der Waals surface area contributed by atoms with Crippen LogP contribution in [0.3, 0.4) is 0 Å². The summed E-state index contributed by atoms with van der Waals surface area (Å²) in [4.78, 5) is 37.9. The van der Waals surface area contributed by atoms with Crippen molar-refractivity contribution in [1.29, 1.82) is 0 Å². The number of amides is 1. The van der Waals surface area contributed by atoms with Gasteiger partial charge in [0.15, 0.2) is 0 Å². The molecule has 0 saturated carbocycles. The number of carbonyl (C=O) groups is 2. The van der Waals surface area contributed by atoms with Crippen molar-refractivity contribution in [3.63, 3.8) is 0 Å². The van der Waals surface area contributed by atoms with Crippen molar-refractivity contribution in [3.05, 3.63) is 24.3 Å². The Balaban J connectivity index is 4.91. The van der Waals surface area contributed by atoms with Crippen molar-refractivity contribution in [3.8, 4) is 0 Å². The monoisotopic (exact) mass is 1190 g/mol. The van der Waals surface area contributed by atoms with E-state index in [0.717, 1.165) is 57.8 Å². The average molecular weight is 1190 g/mol. The highest BCUT2D eigenvalue weighted by Crippen LogP contribution is 2.43. The third kappa shape index (κ3) is 64.8. The number of nitrogens with zero attached hydrogens (tertiary/aromatic N) is 1. The van der Waals surface area contributed by atoms with Crippen LogP contribution in [0.15, 0.2) is 24.3 Å². The Hall–Kier alpha value is -1.51. The number of ether oxygens (including phenoxy) is 1. The lowest BCUT2D eigenvalue weighted by molar-refractivity contribution is -0.870. The Morgan fingerprint density at radius 2 is 0.699 bits per heavy atom.